The molecule has 0 unspecified atom stereocenters. The van der Waals surface area contributed by atoms with Gasteiger partial charge < -0.3 is 15.5 Å². The summed E-state index contributed by atoms with van der Waals surface area (Å²) in [6.07, 6.45) is 3.68. The zero-order valence-corrected chi connectivity index (χ0v) is 17.1. The molecule has 0 saturated carbocycles. The number of anilines is 4. The Kier molecular flexibility index (Phi) is 6.54. The highest BCUT2D eigenvalue weighted by molar-refractivity contribution is 5.61. The summed E-state index contributed by atoms with van der Waals surface area (Å²) >= 11 is 0. The first-order valence-corrected chi connectivity index (χ1v) is 10.2. The van der Waals surface area contributed by atoms with Gasteiger partial charge >= 0.3 is 0 Å². The van der Waals surface area contributed by atoms with Crippen molar-refractivity contribution in [2.24, 2.45) is 11.8 Å². The van der Waals surface area contributed by atoms with Crippen LogP contribution in [0.25, 0.3) is 0 Å². The van der Waals surface area contributed by atoms with Crippen molar-refractivity contribution >= 4 is 23.1 Å². The average molecular weight is 368 g/mol. The van der Waals surface area contributed by atoms with E-state index < -0.39 is 0 Å². The Balaban J connectivity index is 1.62. The molecule has 0 aliphatic carbocycles. The maximum absolute atomic E-state index is 4.60. The van der Waals surface area contributed by atoms with Gasteiger partial charge in [-0.3, -0.25) is 0 Å². The monoisotopic (exact) mass is 367 g/mol. The zero-order chi connectivity index (χ0) is 19.2. The van der Waals surface area contributed by atoms with E-state index in [0.717, 1.165) is 49.2 Å². The first-order chi connectivity index (χ1) is 13.0. The topological polar surface area (TPSA) is 53.1 Å². The third kappa shape index (κ3) is 5.84. The molecular formula is C22H33N5. The SMILES string of the molecule is Cc1cc(Nc2ccc(N3CCC(C)CC3)cc2)nc(NCCC(C)C)n1. The molecule has 27 heavy (non-hydrogen) atoms. The van der Waals surface area contributed by atoms with Gasteiger partial charge in [-0.1, -0.05) is 20.8 Å². The van der Waals surface area contributed by atoms with Crippen molar-refractivity contribution in [2.75, 3.05) is 35.2 Å². The van der Waals surface area contributed by atoms with E-state index in [1.165, 1.54) is 18.5 Å². The molecule has 1 fully saturated rings. The third-order valence-electron chi connectivity index (χ3n) is 5.15. The van der Waals surface area contributed by atoms with Gasteiger partial charge in [-0.25, -0.2) is 4.98 Å². The number of hydrogen-bond donors (Lipinski definition) is 2. The molecule has 0 spiro atoms. The van der Waals surface area contributed by atoms with Crippen molar-refractivity contribution in [1.29, 1.82) is 0 Å². The van der Waals surface area contributed by atoms with E-state index in [1.54, 1.807) is 0 Å². The van der Waals surface area contributed by atoms with Crippen LogP contribution in [-0.2, 0) is 0 Å². The van der Waals surface area contributed by atoms with E-state index >= 15 is 0 Å². The van der Waals surface area contributed by atoms with E-state index in [1.807, 2.05) is 13.0 Å². The summed E-state index contributed by atoms with van der Waals surface area (Å²) < 4.78 is 0. The number of piperidine rings is 1. The molecule has 5 nitrogen and oxygen atoms in total. The van der Waals surface area contributed by atoms with Crippen LogP contribution in [0.1, 0.15) is 45.7 Å². The minimum Gasteiger partial charge on any atom is -0.372 e. The zero-order valence-electron chi connectivity index (χ0n) is 17.1. The van der Waals surface area contributed by atoms with Gasteiger partial charge in [0.25, 0.3) is 0 Å². The molecule has 0 amide bonds. The van der Waals surface area contributed by atoms with E-state index in [4.69, 9.17) is 0 Å². The number of hydrogen-bond acceptors (Lipinski definition) is 5. The summed E-state index contributed by atoms with van der Waals surface area (Å²) in [6.45, 7) is 12.0. The van der Waals surface area contributed by atoms with Gasteiger partial charge in [0.15, 0.2) is 0 Å². The van der Waals surface area contributed by atoms with Crippen LogP contribution < -0.4 is 15.5 Å². The van der Waals surface area contributed by atoms with Crippen molar-refractivity contribution in [2.45, 2.75) is 47.0 Å². The summed E-state index contributed by atoms with van der Waals surface area (Å²) in [5, 5.41) is 6.74. The van der Waals surface area contributed by atoms with Gasteiger partial charge in [-0.15, -0.1) is 0 Å². The first kappa shape index (κ1) is 19.5. The Hall–Kier alpha value is -2.30. The maximum atomic E-state index is 4.60. The van der Waals surface area contributed by atoms with Crippen LogP contribution in [0.5, 0.6) is 0 Å². The average Bonchev–Trinajstić information content (AvgIpc) is 2.62. The van der Waals surface area contributed by atoms with Gasteiger partial charge in [0.1, 0.15) is 5.82 Å². The highest BCUT2D eigenvalue weighted by Crippen LogP contribution is 2.25. The van der Waals surface area contributed by atoms with E-state index in [0.29, 0.717) is 11.9 Å². The van der Waals surface area contributed by atoms with Crippen LogP contribution >= 0.6 is 0 Å². The number of aromatic nitrogens is 2. The lowest BCUT2D eigenvalue weighted by Gasteiger charge is -2.32. The molecule has 0 bridgehead atoms. The first-order valence-electron chi connectivity index (χ1n) is 10.2. The number of nitrogens with one attached hydrogen (secondary N) is 2. The standard InChI is InChI=1S/C22H33N5/c1-16(2)9-12-23-22-24-18(4)15-21(26-22)25-19-5-7-20(8-6-19)27-13-10-17(3)11-14-27/h5-8,15-17H,9-14H2,1-4H3,(H2,23,24,25,26). The summed E-state index contributed by atoms with van der Waals surface area (Å²) in [4.78, 5) is 11.6. The van der Waals surface area contributed by atoms with E-state index in [9.17, 15) is 0 Å². The van der Waals surface area contributed by atoms with Crippen LogP contribution in [0.15, 0.2) is 30.3 Å². The van der Waals surface area contributed by atoms with E-state index in [2.05, 4.69) is 70.5 Å². The predicted molar refractivity (Wildman–Crippen MR) is 115 cm³/mol. The molecule has 3 rings (SSSR count). The molecular weight excluding hydrogens is 334 g/mol. The Morgan fingerprint density at radius 2 is 1.81 bits per heavy atom. The fraction of sp³-hybridized carbons (Fsp3) is 0.545. The van der Waals surface area contributed by atoms with Crippen molar-refractivity contribution in [3.8, 4) is 0 Å². The van der Waals surface area contributed by atoms with Crippen molar-refractivity contribution in [3.05, 3.63) is 36.0 Å². The van der Waals surface area contributed by atoms with Crippen LogP contribution in [-0.4, -0.2) is 29.6 Å². The lowest BCUT2D eigenvalue weighted by atomic mass is 9.99. The molecule has 2 N–H and O–H groups in total. The van der Waals surface area contributed by atoms with Gasteiger partial charge in [-0.05, 0) is 62.3 Å². The summed E-state index contributed by atoms with van der Waals surface area (Å²) in [5.41, 5.74) is 3.32. The Labute approximate surface area is 163 Å². The fourth-order valence-corrected chi connectivity index (χ4v) is 3.35. The van der Waals surface area contributed by atoms with Gasteiger partial charge in [0, 0.05) is 42.8 Å². The summed E-state index contributed by atoms with van der Waals surface area (Å²) in [5.74, 6) is 3.04. The van der Waals surface area contributed by atoms with E-state index in [-0.39, 0.29) is 0 Å². The fourth-order valence-electron chi connectivity index (χ4n) is 3.35. The van der Waals surface area contributed by atoms with Gasteiger partial charge in [-0.2, -0.15) is 4.98 Å². The molecule has 1 aliphatic heterocycles. The largest absolute Gasteiger partial charge is 0.372 e. The van der Waals surface area contributed by atoms with Crippen molar-refractivity contribution in [1.82, 2.24) is 9.97 Å². The highest BCUT2D eigenvalue weighted by Gasteiger charge is 2.15. The van der Waals surface area contributed by atoms with Crippen LogP contribution in [0, 0.1) is 18.8 Å². The smallest absolute Gasteiger partial charge is 0.224 e. The minimum absolute atomic E-state index is 0.668. The lowest BCUT2D eigenvalue weighted by molar-refractivity contribution is 0.438. The number of benzene rings is 1. The highest BCUT2D eigenvalue weighted by atomic mass is 15.1. The normalized spacial score (nSPS) is 15.2. The molecule has 0 atom stereocenters. The molecule has 2 aromatic rings. The second-order valence-corrected chi connectivity index (χ2v) is 8.17. The van der Waals surface area contributed by atoms with Crippen LogP contribution in [0.4, 0.5) is 23.1 Å². The third-order valence-corrected chi connectivity index (χ3v) is 5.15. The molecule has 0 radical (unpaired) electrons. The van der Waals surface area contributed by atoms with Crippen molar-refractivity contribution in [3.63, 3.8) is 0 Å². The predicted octanol–water partition coefficient (Wildman–Crippen LogP) is 5.22. The number of rotatable bonds is 7. The quantitative estimate of drug-likeness (QED) is 0.702. The Morgan fingerprint density at radius 1 is 1.11 bits per heavy atom. The van der Waals surface area contributed by atoms with Crippen molar-refractivity contribution < 1.29 is 0 Å². The molecule has 5 heteroatoms. The molecule has 1 aromatic carbocycles. The Bertz CT molecular complexity index is 718. The molecule has 1 aromatic heterocycles. The second-order valence-electron chi connectivity index (χ2n) is 8.17. The Morgan fingerprint density at radius 3 is 2.48 bits per heavy atom. The lowest BCUT2D eigenvalue weighted by Crippen LogP contribution is -2.32. The molecule has 146 valence electrons. The number of aryl methyl sites for hydroxylation is 1. The minimum atomic E-state index is 0.668. The molecule has 2 heterocycles. The second kappa shape index (κ2) is 9.07. The summed E-state index contributed by atoms with van der Waals surface area (Å²) in [6, 6.07) is 10.7. The molecule has 1 saturated heterocycles. The van der Waals surface area contributed by atoms with Gasteiger partial charge in [0.05, 0.1) is 0 Å². The van der Waals surface area contributed by atoms with Crippen LogP contribution in [0.3, 0.4) is 0 Å². The number of nitrogens with zero attached hydrogens (tertiary/aromatic N) is 3. The molecule has 1 aliphatic rings. The van der Waals surface area contributed by atoms with Crippen LogP contribution in [0.2, 0.25) is 0 Å². The van der Waals surface area contributed by atoms with Gasteiger partial charge in [0.2, 0.25) is 5.95 Å². The summed E-state index contributed by atoms with van der Waals surface area (Å²) in [7, 11) is 0. The maximum Gasteiger partial charge on any atom is 0.224 e.